The van der Waals surface area contributed by atoms with Gasteiger partial charge in [-0.3, -0.25) is 4.79 Å². The summed E-state index contributed by atoms with van der Waals surface area (Å²) < 4.78 is 25.6. The van der Waals surface area contributed by atoms with Crippen LogP contribution in [0.3, 0.4) is 0 Å². The molecule has 80 valence electrons. The third kappa shape index (κ3) is 1.84. The van der Waals surface area contributed by atoms with E-state index in [4.69, 9.17) is 0 Å². The molecule has 1 saturated heterocycles. The quantitative estimate of drug-likeness (QED) is 0.694. The van der Waals surface area contributed by atoms with Crippen LogP contribution in [0.15, 0.2) is 18.2 Å². The summed E-state index contributed by atoms with van der Waals surface area (Å²) >= 11 is 0. The molecule has 1 aliphatic rings. The Morgan fingerprint density at radius 3 is 2.60 bits per heavy atom. The van der Waals surface area contributed by atoms with E-state index in [9.17, 15) is 13.6 Å². The van der Waals surface area contributed by atoms with Crippen molar-refractivity contribution in [3.05, 3.63) is 35.4 Å². The Kier molecular flexibility index (Phi) is 2.42. The largest absolute Gasteiger partial charge is 0.345 e. The molecule has 2 nitrogen and oxygen atoms in total. The maximum Gasteiger partial charge on any atom is 0.223 e. The lowest BCUT2D eigenvalue weighted by molar-refractivity contribution is -0.126. The summed E-state index contributed by atoms with van der Waals surface area (Å²) in [7, 11) is 1.71. The first-order valence-electron chi connectivity index (χ1n) is 4.77. The van der Waals surface area contributed by atoms with Crippen molar-refractivity contribution in [1.82, 2.24) is 4.90 Å². The van der Waals surface area contributed by atoms with Gasteiger partial charge in [-0.2, -0.15) is 0 Å². The molecule has 1 amide bonds. The average Bonchev–Trinajstić information content (AvgIpc) is 2.52. The lowest BCUT2D eigenvalue weighted by Gasteiger charge is -2.10. The summed E-state index contributed by atoms with van der Waals surface area (Å²) in [5.41, 5.74) is 0.687. The van der Waals surface area contributed by atoms with Crippen LogP contribution in [0.25, 0.3) is 0 Å². The minimum Gasteiger partial charge on any atom is -0.345 e. The van der Waals surface area contributed by atoms with Crippen LogP contribution in [0.1, 0.15) is 17.9 Å². The molecule has 1 fully saturated rings. The number of halogens is 2. The fourth-order valence-electron chi connectivity index (χ4n) is 1.85. The predicted molar refractivity (Wildman–Crippen MR) is 51.4 cm³/mol. The zero-order valence-corrected chi connectivity index (χ0v) is 8.34. The Hall–Kier alpha value is -1.45. The number of carbonyl (C=O) groups is 1. The van der Waals surface area contributed by atoms with Crippen LogP contribution in [-0.4, -0.2) is 24.4 Å². The fourth-order valence-corrected chi connectivity index (χ4v) is 1.85. The number of likely N-dealkylation sites (N-methyl/N-ethyl adjacent to an activating group) is 1. The predicted octanol–water partition coefficient (Wildman–Crippen LogP) is 1.91. The second-order valence-corrected chi connectivity index (χ2v) is 3.85. The van der Waals surface area contributed by atoms with E-state index in [0.717, 1.165) is 6.07 Å². The third-order valence-corrected chi connectivity index (χ3v) is 2.76. The van der Waals surface area contributed by atoms with Gasteiger partial charge < -0.3 is 4.90 Å². The van der Waals surface area contributed by atoms with Gasteiger partial charge in [-0.15, -0.1) is 0 Å². The molecule has 0 bridgehead atoms. The topological polar surface area (TPSA) is 20.3 Å². The lowest BCUT2D eigenvalue weighted by atomic mass is 9.98. The number of amides is 1. The van der Waals surface area contributed by atoms with Crippen molar-refractivity contribution in [2.45, 2.75) is 12.3 Å². The van der Waals surface area contributed by atoms with Gasteiger partial charge in [-0.05, 0) is 17.7 Å². The monoisotopic (exact) mass is 211 g/mol. The maximum absolute atomic E-state index is 13.0. The van der Waals surface area contributed by atoms with Gasteiger partial charge in [-0.25, -0.2) is 8.78 Å². The van der Waals surface area contributed by atoms with Crippen molar-refractivity contribution in [1.29, 1.82) is 0 Å². The molecule has 4 heteroatoms. The van der Waals surface area contributed by atoms with E-state index in [1.165, 1.54) is 12.1 Å². The molecule has 0 N–H and O–H groups in total. The summed E-state index contributed by atoms with van der Waals surface area (Å²) in [5.74, 6) is -1.67. The van der Waals surface area contributed by atoms with Gasteiger partial charge in [0.05, 0.1) is 0 Å². The van der Waals surface area contributed by atoms with E-state index in [2.05, 4.69) is 0 Å². The average molecular weight is 211 g/mol. The highest BCUT2D eigenvalue weighted by Crippen LogP contribution is 2.27. The third-order valence-electron chi connectivity index (χ3n) is 2.76. The number of carbonyl (C=O) groups excluding carboxylic acids is 1. The van der Waals surface area contributed by atoms with Crippen LogP contribution in [0.2, 0.25) is 0 Å². The number of hydrogen-bond donors (Lipinski definition) is 0. The minimum absolute atomic E-state index is 0.0161. The smallest absolute Gasteiger partial charge is 0.223 e. The number of rotatable bonds is 1. The van der Waals surface area contributed by atoms with Crippen molar-refractivity contribution in [2.75, 3.05) is 13.6 Å². The van der Waals surface area contributed by atoms with Crippen LogP contribution in [0, 0.1) is 11.6 Å². The molecule has 1 heterocycles. The summed E-state index contributed by atoms with van der Waals surface area (Å²) in [4.78, 5) is 12.9. The minimum atomic E-state index is -0.852. The van der Waals surface area contributed by atoms with Gasteiger partial charge in [0.25, 0.3) is 0 Å². The molecular weight excluding hydrogens is 200 g/mol. The van der Waals surface area contributed by atoms with Gasteiger partial charge in [0, 0.05) is 25.9 Å². The van der Waals surface area contributed by atoms with Crippen molar-refractivity contribution in [3.63, 3.8) is 0 Å². The van der Waals surface area contributed by atoms with Crippen LogP contribution < -0.4 is 0 Å². The molecule has 1 atom stereocenters. The van der Waals surface area contributed by atoms with E-state index in [1.54, 1.807) is 11.9 Å². The molecule has 15 heavy (non-hydrogen) atoms. The number of benzene rings is 1. The van der Waals surface area contributed by atoms with Crippen LogP contribution in [0.4, 0.5) is 8.78 Å². The molecule has 1 unspecified atom stereocenters. The van der Waals surface area contributed by atoms with Gasteiger partial charge >= 0.3 is 0 Å². The van der Waals surface area contributed by atoms with E-state index < -0.39 is 11.6 Å². The SMILES string of the molecule is CN1CC(c2ccc(F)c(F)c2)CC1=O. The van der Waals surface area contributed by atoms with E-state index in [0.29, 0.717) is 18.5 Å². The highest BCUT2D eigenvalue weighted by atomic mass is 19.2. The van der Waals surface area contributed by atoms with E-state index >= 15 is 0 Å². The Balaban J connectivity index is 2.24. The van der Waals surface area contributed by atoms with Crippen LogP contribution >= 0.6 is 0 Å². The Morgan fingerprint density at radius 1 is 1.33 bits per heavy atom. The molecule has 2 rings (SSSR count). The highest BCUT2D eigenvalue weighted by molar-refractivity contribution is 5.79. The highest BCUT2D eigenvalue weighted by Gasteiger charge is 2.28. The molecule has 1 aromatic rings. The van der Waals surface area contributed by atoms with Gasteiger partial charge in [0.2, 0.25) is 5.91 Å². The molecule has 0 saturated carbocycles. The maximum atomic E-state index is 13.0. The second kappa shape index (κ2) is 3.61. The number of likely N-dealkylation sites (tertiary alicyclic amines) is 1. The normalized spacial score (nSPS) is 21.1. The molecule has 0 aromatic heterocycles. The Morgan fingerprint density at radius 2 is 2.07 bits per heavy atom. The van der Waals surface area contributed by atoms with Crippen molar-refractivity contribution in [2.24, 2.45) is 0 Å². The van der Waals surface area contributed by atoms with Gasteiger partial charge in [0.1, 0.15) is 0 Å². The Bertz CT molecular complexity index is 406. The first-order chi connectivity index (χ1) is 7.08. The Labute approximate surface area is 86.5 Å². The van der Waals surface area contributed by atoms with Crippen molar-refractivity contribution < 1.29 is 13.6 Å². The molecule has 0 aliphatic carbocycles. The first-order valence-corrected chi connectivity index (χ1v) is 4.77. The molecular formula is C11H11F2NO. The summed E-state index contributed by atoms with van der Waals surface area (Å²) in [5, 5.41) is 0. The van der Waals surface area contributed by atoms with E-state index in [1.807, 2.05) is 0 Å². The van der Waals surface area contributed by atoms with Gasteiger partial charge in [0.15, 0.2) is 11.6 Å². The zero-order valence-electron chi connectivity index (χ0n) is 8.34. The van der Waals surface area contributed by atoms with E-state index in [-0.39, 0.29) is 11.8 Å². The fraction of sp³-hybridized carbons (Fsp3) is 0.364. The van der Waals surface area contributed by atoms with Crippen LogP contribution in [0.5, 0.6) is 0 Å². The van der Waals surface area contributed by atoms with Crippen molar-refractivity contribution >= 4 is 5.91 Å². The van der Waals surface area contributed by atoms with Crippen molar-refractivity contribution in [3.8, 4) is 0 Å². The summed E-state index contributed by atoms with van der Waals surface area (Å²) in [6.45, 7) is 0.573. The molecule has 1 aromatic carbocycles. The molecule has 1 aliphatic heterocycles. The molecule has 0 radical (unpaired) electrons. The number of nitrogens with zero attached hydrogens (tertiary/aromatic N) is 1. The number of hydrogen-bond acceptors (Lipinski definition) is 1. The molecule has 0 spiro atoms. The summed E-state index contributed by atoms with van der Waals surface area (Å²) in [6.07, 6.45) is 0.377. The van der Waals surface area contributed by atoms with Gasteiger partial charge in [-0.1, -0.05) is 6.07 Å². The summed E-state index contributed by atoms with van der Waals surface area (Å²) in [6, 6.07) is 3.81. The standard InChI is InChI=1S/C11H11F2NO/c1-14-6-8(5-11(14)15)7-2-3-9(12)10(13)4-7/h2-4,8H,5-6H2,1H3. The zero-order chi connectivity index (χ0) is 11.0. The first kappa shape index (κ1) is 10.1. The second-order valence-electron chi connectivity index (χ2n) is 3.85. The van der Waals surface area contributed by atoms with Crippen LogP contribution in [-0.2, 0) is 4.79 Å². The lowest BCUT2D eigenvalue weighted by Crippen LogP contribution is -2.18.